The number of carbonyl (C=O) groups is 1. The van der Waals surface area contributed by atoms with Gasteiger partial charge < -0.3 is 15.5 Å². The molecule has 0 aliphatic carbocycles. The molecule has 0 saturated carbocycles. The quantitative estimate of drug-likeness (QED) is 0.795. The molecular weight excluding hydrogens is 274 g/mol. The molecule has 0 aromatic carbocycles. The summed E-state index contributed by atoms with van der Waals surface area (Å²) in [5.74, 6) is 0.828. The number of amides is 1. The minimum atomic E-state index is 0.102. The van der Waals surface area contributed by atoms with Gasteiger partial charge in [-0.1, -0.05) is 12.2 Å². The van der Waals surface area contributed by atoms with Crippen LogP contribution in [0, 0.1) is 13.8 Å². The van der Waals surface area contributed by atoms with Gasteiger partial charge in [-0.2, -0.15) is 5.10 Å². The summed E-state index contributed by atoms with van der Waals surface area (Å²) in [7, 11) is 0. The van der Waals surface area contributed by atoms with Gasteiger partial charge in [0.25, 0.3) is 0 Å². The zero-order valence-electron chi connectivity index (χ0n) is 12.0. The van der Waals surface area contributed by atoms with E-state index in [1.165, 1.54) is 0 Å². The molecule has 0 unspecified atom stereocenters. The highest BCUT2D eigenvalue weighted by Crippen LogP contribution is 2.23. The lowest BCUT2D eigenvalue weighted by atomic mass is 10.1. The molecule has 2 rings (SSSR count). The molecule has 20 heavy (non-hydrogen) atoms. The van der Waals surface area contributed by atoms with Crippen molar-refractivity contribution in [1.29, 1.82) is 0 Å². The summed E-state index contributed by atoms with van der Waals surface area (Å²) in [6, 6.07) is 0. The first-order valence-electron chi connectivity index (χ1n) is 6.56. The number of thiocarbonyl (C=S) groups is 1. The SMILES string of the molecule is CC(=O)N1CCN(c2nnc(C)c(C)c2C(N)=S)CC1. The molecule has 0 bridgehead atoms. The number of aromatic nitrogens is 2. The Morgan fingerprint density at radius 3 is 2.30 bits per heavy atom. The van der Waals surface area contributed by atoms with Gasteiger partial charge in [-0.05, 0) is 19.4 Å². The third-order valence-corrected chi connectivity index (χ3v) is 3.91. The number of hydrogen-bond donors (Lipinski definition) is 1. The van der Waals surface area contributed by atoms with Crippen molar-refractivity contribution in [2.45, 2.75) is 20.8 Å². The largest absolute Gasteiger partial charge is 0.389 e. The van der Waals surface area contributed by atoms with E-state index in [-0.39, 0.29) is 5.91 Å². The first-order chi connectivity index (χ1) is 9.41. The van der Waals surface area contributed by atoms with Crippen LogP contribution in [0.15, 0.2) is 0 Å². The maximum atomic E-state index is 11.4. The standard InChI is InChI=1S/C13H19N5OS/c1-8-9(2)15-16-13(11(8)12(14)20)18-6-4-17(5-7-18)10(3)19/h4-7H2,1-3H3,(H2,14,20). The zero-order valence-corrected chi connectivity index (χ0v) is 12.8. The van der Waals surface area contributed by atoms with Crippen LogP contribution in [0.3, 0.4) is 0 Å². The number of nitrogens with two attached hydrogens (primary N) is 1. The summed E-state index contributed by atoms with van der Waals surface area (Å²) in [6.45, 7) is 8.22. The number of piperazine rings is 1. The highest BCUT2D eigenvalue weighted by molar-refractivity contribution is 7.80. The Bertz CT molecular complexity index is 552. The van der Waals surface area contributed by atoms with E-state index in [1.807, 2.05) is 18.7 Å². The summed E-state index contributed by atoms with van der Waals surface area (Å²) in [6.07, 6.45) is 0. The highest BCUT2D eigenvalue weighted by atomic mass is 32.1. The third-order valence-electron chi connectivity index (χ3n) is 3.71. The molecule has 7 heteroatoms. The molecule has 2 N–H and O–H groups in total. The molecule has 108 valence electrons. The van der Waals surface area contributed by atoms with Crippen LogP contribution in [0.1, 0.15) is 23.7 Å². The van der Waals surface area contributed by atoms with Gasteiger partial charge >= 0.3 is 0 Å². The van der Waals surface area contributed by atoms with Gasteiger partial charge in [0, 0.05) is 33.1 Å². The Balaban J connectivity index is 2.28. The summed E-state index contributed by atoms with van der Waals surface area (Å²) in [5, 5.41) is 8.42. The second-order valence-corrected chi connectivity index (χ2v) is 5.41. The molecule has 0 spiro atoms. The molecule has 0 radical (unpaired) electrons. The molecular formula is C13H19N5OS. The fourth-order valence-electron chi connectivity index (χ4n) is 2.35. The molecule has 1 fully saturated rings. The second-order valence-electron chi connectivity index (χ2n) is 4.97. The van der Waals surface area contributed by atoms with Crippen molar-refractivity contribution in [3.63, 3.8) is 0 Å². The summed E-state index contributed by atoms with van der Waals surface area (Å²) < 4.78 is 0. The van der Waals surface area contributed by atoms with Gasteiger partial charge in [0.2, 0.25) is 5.91 Å². The zero-order chi connectivity index (χ0) is 14.9. The summed E-state index contributed by atoms with van der Waals surface area (Å²) in [5.41, 5.74) is 8.44. The van der Waals surface area contributed by atoms with Crippen LogP contribution in [0.5, 0.6) is 0 Å². The Hall–Kier alpha value is -1.76. The third kappa shape index (κ3) is 2.72. The normalized spacial score (nSPS) is 15.3. The topological polar surface area (TPSA) is 75.4 Å². The lowest BCUT2D eigenvalue weighted by Crippen LogP contribution is -2.49. The Morgan fingerprint density at radius 1 is 1.20 bits per heavy atom. The Labute approximate surface area is 123 Å². The lowest BCUT2D eigenvalue weighted by Gasteiger charge is -2.35. The highest BCUT2D eigenvalue weighted by Gasteiger charge is 2.24. The molecule has 1 aromatic heterocycles. The minimum Gasteiger partial charge on any atom is -0.389 e. The van der Waals surface area contributed by atoms with Crippen LogP contribution in [0.2, 0.25) is 0 Å². The first kappa shape index (κ1) is 14.6. The smallest absolute Gasteiger partial charge is 0.219 e. The van der Waals surface area contributed by atoms with Crippen LogP contribution < -0.4 is 10.6 Å². The lowest BCUT2D eigenvalue weighted by molar-refractivity contribution is -0.129. The maximum absolute atomic E-state index is 11.4. The molecule has 0 atom stereocenters. The van der Waals surface area contributed by atoms with Crippen molar-refractivity contribution in [1.82, 2.24) is 15.1 Å². The summed E-state index contributed by atoms with van der Waals surface area (Å²) >= 11 is 5.15. The number of rotatable bonds is 2. The van der Waals surface area contributed by atoms with Crippen LogP contribution in [-0.2, 0) is 4.79 Å². The van der Waals surface area contributed by atoms with E-state index in [9.17, 15) is 4.79 Å². The van der Waals surface area contributed by atoms with Gasteiger partial charge in [0.05, 0.1) is 11.3 Å². The van der Waals surface area contributed by atoms with E-state index in [0.29, 0.717) is 31.2 Å². The molecule has 1 aliphatic rings. The fourth-order valence-corrected chi connectivity index (χ4v) is 2.59. The Kier molecular flexibility index (Phi) is 4.17. The minimum absolute atomic E-state index is 0.102. The van der Waals surface area contributed by atoms with Crippen LogP contribution in [0.4, 0.5) is 5.82 Å². The predicted molar refractivity (Wildman–Crippen MR) is 81.9 cm³/mol. The van der Waals surface area contributed by atoms with E-state index >= 15 is 0 Å². The van der Waals surface area contributed by atoms with Gasteiger partial charge in [-0.15, -0.1) is 5.10 Å². The van der Waals surface area contributed by atoms with E-state index < -0.39 is 0 Å². The monoisotopic (exact) mass is 293 g/mol. The van der Waals surface area contributed by atoms with Crippen LogP contribution in [-0.4, -0.2) is 52.2 Å². The van der Waals surface area contributed by atoms with E-state index in [4.69, 9.17) is 18.0 Å². The van der Waals surface area contributed by atoms with Crippen molar-refractivity contribution in [3.8, 4) is 0 Å². The molecule has 1 saturated heterocycles. The molecule has 1 amide bonds. The van der Waals surface area contributed by atoms with Gasteiger partial charge in [-0.25, -0.2) is 0 Å². The van der Waals surface area contributed by atoms with Crippen molar-refractivity contribution in [3.05, 3.63) is 16.8 Å². The molecule has 6 nitrogen and oxygen atoms in total. The van der Waals surface area contributed by atoms with E-state index in [1.54, 1.807) is 6.92 Å². The number of anilines is 1. The maximum Gasteiger partial charge on any atom is 0.219 e. The molecule has 2 heterocycles. The first-order valence-corrected chi connectivity index (χ1v) is 6.96. The number of aryl methyl sites for hydroxylation is 1. The van der Waals surface area contributed by atoms with E-state index in [0.717, 1.165) is 22.6 Å². The van der Waals surface area contributed by atoms with Crippen LogP contribution >= 0.6 is 12.2 Å². The van der Waals surface area contributed by atoms with Crippen molar-refractivity contribution in [2.24, 2.45) is 5.73 Å². The number of carbonyl (C=O) groups excluding carboxylic acids is 1. The van der Waals surface area contributed by atoms with Crippen LogP contribution in [0.25, 0.3) is 0 Å². The van der Waals surface area contributed by atoms with Gasteiger partial charge in [0.1, 0.15) is 4.99 Å². The van der Waals surface area contributed by atoms with Gasteiger partial charge in [0.15, 0.2) is 5.82 Å². The summed E-state index contributed by atoms with van der Waals surface area (Å²) in [4.78, 5) is 15.6. The Morgan fingerprint density at radius 2 is 1.80 bits per heavy atom. The second kappa shape index (κ2) is 5.70. The number of nitrogens with zero attached hydrogens (tertiary/aromatic N) is 4. The average molecular weight is 293 g/mol. The van der Waals surface area contributed by atoms with Crippen molar-refractivity contribution in [2.75, 3.05) is 31.1 Å². The fraction of sp³-hybridized carbons (Fsp3) is 0.538. The van der Waals surface area contributed by atoms with Crippen molar-refractivity contribution >= 4 is 28.9 Å². The molecule has 1 aromatic rings. The predicted octanol–water partition coefficient (Wildman–Crippen LogP) is 0.396. The van der Waals surface area contributed by atoms with E-state index in [2.05, 4.69) is 15.1 Å². The van der Waals surface area contributed by atoms with Gasteiger partial charge in [-0.3, -0.25) is 4.79 Å². The number of hydrogen-bond acceptors (Lipinski definition) is 5. The van der Waals surface area contributed by atoms with Crippen molar-refractivity contribution < 1.29 is 4.79 Å². The average Bonchev–Trinajstić information content (AvgIpc) is 2.41. The molecule has 1 aliphatic heterocycles.